The molecule has 0 unspecified atom stereocenters. The number of hydrogen-bond acceptors (Lipinski definition) is 6. The Labute approximate surface area is 190 Å². The van der Waals surface area contributed by atoms with Crippen molar-refractivity contribution in [1.82, 2.24) is 9.69 Å². The summed E-state index contributed by atoms with van der Waals surface area (Å²) in [6.45, 7) is 4.25. The zero-order chi connectivity index (χ0) is 23.3. The van der Waals surface area contributed by atoms with Crippen molar-refractivity contribution in [2.45, 2.75) is 26.3 Å². The van der Waals surface area contributed by atoms with Gasteiger partial charge in [-0.1, -0.05) is 56.3 Å². The number of rotatable bonds is 8. The minimum absolute atomic E-state index is 0.0580. The lowest BCUT2D eigenvalue weighted by atomic mass is 10.0. The van der Waals surface area contributed by atoms with Gasteiger partial charge in [-0.2, -0.15) is 4.37 Å². The molecule has 0 aliphatic heterocycles. The molecule has 0 radical (unpaired) electrons. The van der Waals surface area contributed by atoms with Crippen LogP contribution < -0.4 is 21.7 Å². The Morgan fingerprint density at radius 1 is 1.06 bits per heavy atom. The number of carbonyl (C=O) groups is 3. The molecule has 5 N–H and O–H groups in total. The zero-order valence-corrected chi connectivity index (χ0v) is 18.7. The van der Waals surface area contributed by atoms with Gasteiger partial charge in [0.2, 0.25) is 5.91 Å². The van der Waals surface area contributed by atoms with Gasteiger partial charge in [-0.25, -0.2) is 0 Å². The van der Waals surface area contributed by atoms with Crippen LogP contribution in [0.2, 0.25) is 0 Å². The molecule has 3 rings (SSSR count). The van der Waals surface area contributed by atoms with Crippen molar-refractivity contribution in [3.63, 3.8) is 0 Å². The van der Waals surface area contributed by atoms with Crippen molar-refractivity contribution in [2.24, 2.45) is 5.73 Å². The van der Waals surface area contributed by atoms with Gasteiger partial charge in [-0.3, -0.25) is 19.3 Å². The molecule has 0 bridgehead atoms. The van der Waals surface area contributed by atoms with Gasteiger partial charge in [-0.15, -0.1) is 0 Å². The van der Waals surface area contributed by atoms with Gasteiger partial charge < -0.3 is 16.8 Å². The number of nitrogens with one attached hydrogen (secondary N) is 1. The Morgan fingerprint density at radius 3 is 2.28 bits per heavy atom. The second kappa shape index (κ2) is 10.1. The van der Waals surface area contributed by atoms with Gasteiger partial charge in [0, 0.05) is 12.2 Å². The first-order valence-corrected chi connectivity index (χ1v) is 10.8. The molecule has 166 valence electrons. The van der Waals surface area contributed by atoms with Crippen molar-refractivity contribution in [1.29, 1.82) is 0 Å². The third-order valence-corrected chi connectivity index (χ3v) is 5.76. The molecule has 32 heavy (non-hydrogen) atoms. The number of carbonyl (C=O) groups excluding carboxylic acids is 3. The van der Waals surface area contributed by atoms with E-state index in [2.05, 4.69) is 23.5 Å². The molecule has 0 spiro atoms. The highest BCUT2D eigenvalue weighted by Gasteiger charge is 2.27. The molecule has 0 atom stereocenters. The molecule has 8 nitrogen and oxygen atoms in total. The minimum Gasteiger partial charge on any atom is -0.395 e. The van der Waals surface area contributed by atoms with E-state index in [1.54, 1.807) is 12.1 Å². The minimum atomic E-state index is -0.814. The topological polar surface area (TPSA) is 131 Å². The van der Waals surface area contributed by atoms with Crippen LogP contribution in [0.4, 0.5) is 11.4 Å². The van der Waals surface area contributed by atoms with Crippen LogP contribution in [0.1, 0.15) is 51.1 Å². The Hall–Kier alpha value is -3.72. The average molecular weight is 452 g/mol. The second-order valence-electron chi connectivity index (χ2n) is 7.54. The molecule has 1 aromatic heterocycles. The molecule has 3 amide bonds. The van der Waals surface area contributed by atoms with Crippen molar-refractivity contribution >= 4 is 40.6 Å². The van der Waals surface area contributed by atoms with Crippen LogP contribution in [0, 0.1) is 0 Å². The maximum Gasteiger partial charge on any atom is 0.272 e. The molecule has 0 fully saturated rings. The lowest BCUT2D eigenvalue weighted by molar-refractivity contribution is -0.119. The summed E-state index contributed by atoms with van der Waals surface area (Å²) >= 11 is 0.782. The average Bonchev–Trinajstić information content (AvgIpc) is 3.18. The van der Waals surface area contributed by atoms with Crippen molar-refractivity contribution < 1.29 is 14.4 Å². The Morgan fingerprint density at radius 2 is 1.72 bits per heavy atom. The summed E-state index contributed by atoms with van der Waals surface area (Å²) < 4.78 is 3.90. The zero-order valence-electron chi connectivity index (χ0n) is 17.9. The Kier molecular flexibility index (Phi) is 7.21. The molecular formula is C23H25N5O3S. The number of aromatic nitrogens is 1. The summed E-state index contributed by atoms with van der Waals surface area (Å²) in [4.78, 5) is 38.9. The summed E-state index contributed by atoms with van der Waals surface area (Å²) in [6.07, 6.45) is 0. The van der Waals surface area contributed by atoms with Gasteiger partial charge in [0.05, 0.1) is 5.69 Å². The van der Waals surface area contributed by atoms with Crippen LogP contribution in [0.3, 0.4) is 0 Å². The van der Waals surface area contributed by atoms with Crippen molar-refractivity contribution in [2.75, 3.05) is 17.2 Å². The van der Waals surface area contributed by atoms with Crippen LogP contribution in [0.5, 0.6) is 0 Å². The molecule has 0 saturated heterocycles. The molecular weight excluding hydrogens is 426 g/mol. The monoisotopic (exact) mass is 451 g/mol. The lowest BCUT2D eigenvalue weighted by Crippen LogP contribution is -2.40. The SMILES string of the molecule is CC(C)c1ccc(N(CC(=O)NCc2ccccc2)C(=O)c2snc(C(N)=O)c2N)cc1. The van der Waals surface area contributed by atoms with E-state index >= 15 is 0 Å². The smallest absolute Gasteiger partial charge is 0.272 e. The number of nitrogens with zero attached hydrogens (tertiary/aromatic N) is 2. The number of amides is 3. The van der Waals surface area contributed by atoms with Crippen LogP contribution >= 0.6 is 11.5 Å². The maximum absolute atomic E-state index is 13.3. The van der Waals surface area contributed by atoms with Crippen molar-refractivity contribution in [3.05, 3.63) is 76.3 Å². The first kappa shape index (κ1) is 23.0. The summed E-state index contributed by atoms with van der Waals surface area (Å²) in [5.74, 6) is -1.36. The molecule has 1 heterocycles. The van der Waals surface area contributed by atoms with E-state index in [-0.39, 0.29) is 28.7 Å². The fourth-order valence-electron chi connectivity index (χ4n) is 3.07. The Balaban J connectivity index is 1.86. The lowest BCUT2D eigenvalue weighted by Gasteiger charge is -2.22. The van der Waals surface area contributed by atoms with E-state index in [4.69, 9.17) is 11.5 Å². The summed E-state index contributed by atoms with van der Waals surface area (Å²) in [6, 6.07) is 16.8. The maximum atomic E-state index is 13.3. The predicted octanol–water partition coefficient (Wildman–Crippen LogP) is 2.91. The van der Waals surface area contributed by atoms with Gasteiger partial charge in [-0.05, 0) is 40.7 Å². The molecule has 0 aliphatic rings. The van der Waals surface area contributed by atoms with Crippen molar-refractivity contribution in [3.8, 4) is 0 Å². The van der Waals surface area contributed by atoms with E-state index in [0.29, 0.717) is 18.2 Å². The largest absolute Gasteiger partial charge is 0.395 e. The standard InChI is InChI=1S/C23H25N5O3S/c1-14(2)16-8-10-17(11-9-16)28(13-18(29)26-12-15-6-4-3-5-7-15)23(31)21-19(24)20(22(25)30)27-32-21/h3-11,14H,12-13,24H2,1-2H3,(H2,25,30)(H,26,29). The van der Waals surface area contributed by atoms with E-state index in [1.165, 1.54) is 4.90 Å². The number of nitrogen functional groups attached to an aromatic ring is 1. The third-order valence-electron chi connectivity index (χ3n) is 4.91. The fourth-order valence-corrected chi connectivity index (χ4v) is 3.82. The van der Waals surface area contributed by atoms with Crippen LogP contribution in [0.15, 0.2) is 54.6 Å². The molecule has 0 aliphatic carbocycles. The van der Waals surface area contributed by atoms with Gasteiger partial charge in [0.15, 0.2) is 5.69 Å². The number of benzene rings is 2. The van der Waals surface area contributed by atoms with Crippen LogP contribution in [0.25, 0.3) is 0 Å². The van der Waals surface area contributed by atoms with Gasteiger partial charge >= 0.3 is 0 Å². The number of primary amides is 1. The van der Waals surface area contributed by atoms with E-state index in [9.17, 15) is 14.4 Å². The first-order valence-electron chi connectivity index (χ1n) is 10.0. The number of nitrogens with two attached hydrogens (primary N) is 2. The molecule has 2 aromatic carbocycles. The number of hydrogen-bond donors (Lipinski definition) is 3. The first-order chi connectivity index (χ1) is 15.3. The summed E-state index contributed by atoms with van der Waals surface area (Å²) in [5.41, 5.74) is 13.6. The van der Waals surface area contributed by atoms with E-state index in [1.807, 2.05) is 42.5 Å². The summed E-state index contributed by atoms with van der Waals surface area (Å²) in [7, 11) is 0. The van der Waals surface area contributed by atoms with E-state index < -0.39 is 11.8 Å². The quantitative estimate of drug-likeness (QED) is 0.485. The van der Waals surface area contributed by atoms with Crippen LogP contribution in [-0.2, 0) is 11.3 Å². The molecule has 3 aromatic rings. The summed E-state index contributed by atoms with van der Waals surface area (Å²) in [5, 5.41) is 2.82. The Bertz CT molecular complexity index is 1110. The molecule has 0 saturated carbocycles. The number of anilines is 2. The predicted molar refractivity (Wildman–Crippen MR) is 126 cm³/mol. The highest BCUT2D eigenvalue weighted by atomic mass is 32.1. The van der Waals surface area contributed by atoms with Crippen LogP contribution in [-0.4, -0.2) is 28.6 Å². The fraction of sp³-hybridized carbons (Fsp3) is 0.217. The van der Waals surface area contributed by atoms with Gasteiger partial charge in [0.25, 0.3) is 11.8 Å². The highest BCUT2D eigenvalue weighted by Crippen LogP contribution is 2.27. The molecule has 9 heteroatoms. The third kappa shape index (κ3) is 5.30. The second-order valence-corrected chi connectivity index (χ2v) is 8.31. The van der Waals surface area contributed by atoms with Gasteiger partial charge in [0.1, 0.15) is 11.4 Å². The normalized spacial score (nSPS) is 10.7. The van der Waals surface area contributed by atoms with E-state index in [0.717, 1.165) is 22.7 Å². The highest BCUT2D eigenvalue weighted by molar-refractivity contribution is 7.09.